The van der Waals surface area contributed by atoms with E-state index in [0.717, 1.165) is 20.5 Å². The third kappa shape index (κ3) is 3.00. The molecule has 1 N–H and O–H groups in total. The van der Waals surface area contributed by atoms with Gasteiger partial charge in [0.2, 0.25) is 0 Å². The van der Waals surface area contributed by atoms with E-state index in [4.69, 9.17) is 0 Å². The fraction of sp³-hybridized carbons (Fsp3) is 0. The molecule has 2 heterocycles. The van der Waals surface area contributed by atoms with Gasteiger partial charge in [-0.3, -0.25) is 4.98 Å². The first-order valence-electron chi connectivity index (χ1n) is 4.23. The highest BCUT2D eigenvalue weighted by Crippen LogP contribution is 2.18. The van der Waals surface area contributed by atoms with Crippen LogP contribution in [0.2, 0.25) is 0 Å². The molecule has 0 aliphatic rings. The summed E-state index contributed by atoms with van der Waals surface area (Å²) in [6.45, 7) is 0. The third-order valence-electron chi connectivity index (χ3n) is 1.70. The van der Waals surface area contributed by atoms with Crippen molar-refractivity contribution in [3.8, 4) is 0 Å². The quantitative estimate of drug-likeness (QED) is 0.912. The largest absolute Gasteiger partial charge is 0.339 e. The number of nitrogens with zero attached hydrogens (tertiary/aromatic N) is 2. The SMILES string of the molecule is Brc1ccc(Nc2cncc(Br)c2)nc1. The Labute approximate surface area is 104 Å². The molecule has 2 rings (SSSR count). The lowest BCUT2D eigenvalue weighted by Gasteiger charge is -2.04. The maximum absolute atomic E-state index is 4.20. The number of hydrogen-bond acceptors (Lipinski definition) is 3. The molecule has 76 valence electrons. The Hall–Kier alpha value is -0.940. The van der Waals surface area contributed by atoms with Gasteiger partial charge in [0.15, 0.2) is 0 Å². The highest BCUT2D eigenvalue weighted by Gasteiger charge is 1.96. The van der Waals surface area contributed by atoms with E-state index in [0.29, 0.717) is 0 Å². The third-order valence-corrected chi connectivity index (χ3v) is 2.61. The summed E-state index contributed by atoms with van der Waals surface area (Å²) in [4.78, 5) is 8.25. The predicted molar refractivity (Wildman–Crippen MR) is 67.2 cm³/mol. The van der Waals surface area contributed by atoms with E-state index in [2.05, 4.69) is 47.1 Å². The molecule has 5 heteroatoms. The van der Waals surface area contributed by atoms with Crippen LogP contribution in [-0.4, -0.2) is 9.97 Å². The van der Waals surface area contributed by atoms with E-state index < -0.39 is 0 Å². The summed E-state index contributed by atoms with van der Waals surface area (Å²) in [5.74, 6) is 0.790. The molecule has 15 heavy (non-hydrogen) atoms. The van der Waals surface area contributed by atoms with Crippen molar-refractivity contribution >= 4 is 43.4 Å². The molecule has 0 saturated heterocycles. The fourth-order valence-electron chi connectivity index (χ4n) is 1.08. The molecule has 0 bridgehead atoms. The summed E-state index contributed by atoms with van der Waals surface area (Å²) < 4.78 is 1.89. The van der Waals surface area contributed by atoms with Crippen LogP contribution in [0.5, 0.6) is 0 Å². The second-order valence-corrected chi connectivity index (χ2v) is 4.71. The topological polar surface area (TPSA) is 37.8 Å². The summed E-state index contributed by atoms with van der Waals surface area (Å²) in [6, 6.07) is 5.77. The molecule has 0 radical (unpaired) electrons. The summed E-state index contributed by atoms with van der Waals surface area (Å²) in [6.07, 6.45) is 5.22. The maximum Gasteiger partial charge on any atom is 0.130 e. The Morgan fingerprint density at radius 2 is 1.87 bits per heavy atom. The average molecular weight is 329 g/mol. The first-order chi connectivity index (χ1) is 7.24. The minimum absolute atomic E-state index is 0.790. The van der Waals surface area contributed by atoms with Crippen LogP contribution >= 0.6 is 31.9 Å². The number of pyridine rings is 2. The van der Waals surface area contributed by atoms with Crippen LogP contribution in [0.1, 0.15) is 0 Å². The predicted octanol–water partition coefficient (Wildman–Crippen LogP) is 3.75. The number of hydrogen-bond donors (Lipinski definition) is 1. The van der Waals surface area contributed by atoms with Gasteiger partial charge in [0.25, 0.3) is 0 Å². The van der Waals surface area contributed by atoms with Gasteiger partial charge in [-0.15, -0.1) is 0 Å². The fourth-order valence-corrected chi connectivity index (χ4v) is 1.68. The summed E-state index contributed by atoms with van der Waals surface area (Å²) in [7, 11) is 0. The zero-order valence-corrected chi connectivity index (χ0v) is 10.8. The molecule has 0 fully saturated rings. The summed E-state index contributed by atoms with van der Waals surface area (Å²) >= 11 is 6.69. The van der Waals surface area contributed by atoms with Crippen molar-refractivity contribution in [2.45, 2.75) is 0 Å². The lowest BCUT2D eigenvalue weighted by atomic mass is 10.4. The highest BCUT2D eigenvalue weighted by atomic mass is 79.9. The Bertz CT molecular complexity index is 456. The molecule has 2 aromatic heterocycles. The average Bonchev–Trinajstić information content (AvgIpc) is 2.22. The number of halogens is 2. The van der Waals surface area contributed by atoms with Crippen molar-refractivity contribution in [1.29, 1.82) is 0 Å². The van der Waals surface area contributed by atoms with E-state index in [9.17, 15) is 0 Å². The Morgan fingerprint density at radius 3 is 2.53 bits per heavy atom. The summed E-state index contributed by atoms with van der Waals surface area (Å²) in [5.41, 5.74) is 0.902. The molecule has 0 amide bonds. The molecular weight excluding hydrogens is 322 g/mol. The van der Waals surface area contributed by atoms with E-state index in [1.807, 2.05) is 18.2 Å². The molecular formula is C10H7Br2N3. The molecule has 0 saturated carbocycles. The Morgan fingerprint density at radius 1 is 1.00 bits per heavy atom. The van der Waals surface area contributed by atoms with Gasteiger partial charge in [0, 0.05) is 21.3 Å². The van der Waals surface area contributed by atoms with Crippen molar-refractivity contribution in [2.24, 2.45) is 0 Å². The molecule has 0 aliphatic carbocycles. The van der Waals surface area contributed by atoms with Crippen molar-refractivity contribution in [3.63, 3.8) is 0 Å². The molecule has 0 unspecified atom stereocenters. The number of aromatic nitrogens is 2. The minimum Gasteiger partial charge on any atom is -0.339 e. The van der Waals surface area contributed by atoms with E-state index in [1.165, 1.54) is 0 Å². The second kappa shape index (κ2) is 4.72. The minimum atomic E-state index is 0.790. The normalized spacial score (nSPS) is 10.0. The van der Waals surface area contributed by atoms with Gasteiger partial charge < -0.3 is 5.32 Å². The summed E-state index contributed by atoms with van der Waals surface area (Å²) in [5, 5.41) is 3.15. The van der Waals surface area contributed by atoms with Gasteiger partial charge in [0.05, 0.1) is 11.9 Å². The Balaban J connectivity index is 2.18. The molecule has 0 atom stereocenters. The van der Waals surface area contributed by atoms with Crippen LogP contribution in [-0.2, 0) is 0 Å². The molecule has 0 aliphatic heterocycles. The number of anilines is 2. The van der Waals surface area contributed by atoms with Gasteiger partial charge in [-0.2, -0.15) is 0 Å². The standard InChI is InChI=1S/C10H7Br2N3/c11-7-1-2-10(14-5-7)15-9-3-8(12)4-13-6-9/h1-6H,(H,14,15). The van der Waals surface area contributed by atoms with Crippen molar-refractivity contribution in [3.05, 3.63) is 45.7 Å². The Kier molecular flexibility index (Phi) is 3.33. The first kappa shape index (κ1) is 10.6. The smallest absolute Gasteiger partial charge is 0.130 e. The molecule has 3 nitrogen and oxygen atoms in total. The monoisotopic (exact) mass is 327 g/mol. The van der Waals surface area contributed by atoms with Crippen molar-refractivity contribution < 1.29 is 0 Å². The van der Waals surface area contributed by atoms with Crippen LogP contribution in [0.3, 0.4) is 0 Å². The van der Waals surface area contributed by atoms with Crippen LogP contribution in [0, 0.1) is 0 Å². The van der Waals surface area contributed by atoms with Crippen molar-refractivity contribution in [1.82, 2.24) is 9.97 Å². The molecule has 2 aromatic rings. The van der Waals surface area contributed by atoms with Crippen LogP contribution in [0.4, 0.5) is 11.5 Å². The highest BCUT2D eigenvalue weighted by molar-refractivity contribution is 9.10. The number of nitrogens with one attached hydrogen (secondary N) is 1. The van der Waals surface area contributed by atoms with E-state index >= 15 is 0 Å². The van der Waals surface area contributed by atoms with E-state index in [-0.39, 0.29) is 0 Å². The van der Waals surface area contributed by atoms with Crippen molar-refractivity contribution in [2.75, 3.05) is 5.32 Å². The van der Waals surface area contributed by atoms with Crippen LogP contribution in [0.25, 0.3) is 0 Å². The lowest BCUT2D eigenvalue weighted by Crippen LogP contribution is -1.93. The van der Waals surface area contributed by atoms with Gasteiger partial charge in [-0.1, -0.05) is 0 Å². The lowest BCUT2D eigenvalue weighted by molar-refractivity contribution is 1.26. The maximum atomic E-state index is 4.20. The molecule has 0 spiro atoms. The van der Waals surface area contributed by atoms with Gasteiger partial charge in [0.1, 0.15) is 5.82 Å². The number of rotatable bonds is 2. The zero-order valence-electron chi connectivity index (χ0n) is 7.61. The molecule has 0 aromatic carbocycles. The van der Waals surface area contributed by atoms with E-state index in [1.54, 1.807) is 18.6 Å². The van der Waals surface area contributed by atoms with Gasteiger partial charge in [-0.25, -0.2) is 4.98 Å². The van der Waals surface area contributed by atoms with Crippen LogP contribution in [0.15, 0.2) is 45.7 Å². The van der Waals surface area contributed by atoms with Gasteiger partial charge in [-0.05, 0) is 50.1 Å². The van der Waals surface area contributed by atoms with Gasteiger partial charge >= 0.3 is 0 Å². The second-order valence-electron chi connectivity index (χ2n) is 2.88. The first-order valence-corrected chi connectivity index (χ1v) is 5.82. The zero-order chi connectivity index (χ0) is 10.7. The van der Waals surface area contributed by atoms with Crippen LogP contribution < -0.4 is 5.32 Å².